The van der Waals surface area contributed by atoms with Crippen molar-refractivity contribution in [3.63, 3.8) is 0 Å². The molecule has 126 valence electrons. The van der Waals surface area contributed by atoms with Gasteiger partial charge in [0.25, 0.3) is 0 Å². The quantitative estimate of drug-likeness (QED) is 0.774. The summed E-state index contributed by atoms with van der Waals surface area (Å²) in [5, 5.41) is 0. The van der Waals surface area contributed by atoms with Gasteiger partial charge < -0.3 is 14.5 Å². The van der Waals surface area contributed by atoms with Crippen LogP contribution in [0, 0.1) is 5.41 Å². The molecule has 0 saturated carbocycles. The second-order valence-electron chi connectivity index (χ2n) is 6.75. The Kier molecular flexibility index (Phi) is 5.10. The van der Waals surface area contributed by atoms with Crippen molar-refractivity contribution < 1.29 is 9.53 Å². The predicted molar refractivity (Wildman–Crippen MR) is 88.2 cm³/mol. The summed E-state index contributed by atoms with van der Waals surface area (Å²) in [4.78, 5) is 25.2. The number of piperidine rings is 2. The van der Waals surface area contributed by atoms with Crippen LogP contribution in [0.4, 0.5) is 5.82 Å². The molecule has 0 bridgehead atoms. The van der Waals surface area contributed by atoms with Gasteiger partial charge in [-0.3, -0.25) is 9.78 Å². The maximum atomic E-state index is 12.2. The van der Waals surface area contributed by atoms with E-state index in [2.05, 4.69) is 14.9 Å². The summed E-state index contributed by atoms with van der Waals surface area (Å²) in [6.45, 7) is 4.38. The fraction of sp³-hybridized carbons (Fsp3) is 0.706. The van der Waals surface area contributed by atoms with E-state index in [-0.39, 0.29) is 5.41 Å². The molecule has 0 radical (unpaired) electrons. The van der Waals surface area contributed by atoms with Crippen LogP contribution < -0.4 is 4.90 Å². The van der Waals surface area contributed by atoms with E-state index in [0.717, 1.165) is 51.3 Å². The highest BCUT2D eigenvalue weighted by molar-refractivity contribution is 5.77. The third kappa shape index (κ3) is 3.80. The van der Waals surface area contributed by atoms with Gasteiger partial charge in [0.05, 0.1) is 6.20 Å². The Hall–Kier alpha value is -1.69. The minimum Gasteiger partial charge on any atom is -0.385 e. The van der Waals surface area contributed by atoms with E-state index < -0.39 is 0 Å². The van der Waals surface area contributed by atoms with Crippen LogP contribution in [0.15, 0.2) is 18.6 Å². The molecule has 2 fully saturated rings. The number of amides is 1. The van der Waals surface area contributed by atoms with Crippen molar-refractivity contribution in [2.75, 3.05) is 44.8 Å². The van der Waals surface area contributed by atoms with Crippen LogP contribution in [0.2, 0.25) is 0 Å². The fourth-order valence-electron chi connectivity index (χ4n) is 3.90. The van der Waals surface area contributed by atoms with Crippen LogP contribution in [0.1, 0.15) is 32.1 Å². The number of carbonyl (C=O) groups is 1. The lowest BCUT2D eigenvalue weighted by molar-refractivity contribution is -0.138. The van der Waals surface area contributed by atoms with Gasteiger partial charge in [-0.15, -0.1) is 0 Å². The van der Waals surface area contributed by atoms with Gasteiger partial charge in [0.15, 0.2) is 0 Å². The zero-order valence-corrected chi connectivity index (χ0v) is 13.9. The second kappa shape index (κ2) is 7.25. The molecule has 6 heteroatoms. The minimum atomic E-state index is 0.205. The number of likely N-dealkylation sites (tertiary alicyclic amines) is 1. The highest BCUT2D eigenvalue weighted by Gasteiger charge is 2.41. The molecule has 3 rings (SSSR count). The Bertz CT molecular complexity index is 525. The van der Waals surface area contributed by atoms with Gasteiger partial charge in [-0.2, -0.15) is 0 Å². The van der Waals surface area contributed by atoms with Crippen LogP contribution in [0.5, 0.6) is 0 Å². The van der Waals surface area contributed by atoms with Crippen molar-refractivity contribution in [2.45, 2.75) is 32.1 Å². The van der Waals surface area contributed by atoms with Gasteiger partial charge in [0.1, 0.15) is 5.82 Å². The van der Waals surface area contributed by atoms with Gasteiger partial charge in [-0.25, -0.2) is 4.98 Å². The molecule has 0 aliphatic carbocycles. The lowest BCUT2D eigenvalue weighted by atomic mass is 9.73. The molecule has 0 aromatic carbocycles. The molecule has 1 aromatic rings. The first kappa shape index (κ1) is 16.2. The van der Waals surface area contributed by atoms with E-state index in [9.17, 15) is 4.79 Å². The standard InChI is InChI=1S/C17H26N4O2/c1-23-11-3-10-21-14-17(6-4-16(21)22)5-2-9-20(13-17)15-12-18-7-8-19-15/h7-8,12H,2-6,9-11,13-14H2,1H3/t17-/m0/s1. The van der Waals surface area contributed by atoms with Crippen molar-refractivity contribution >= 4 is 11.7 Å². The third-order valence-electron chi connectivity index (χ3n) is 5.06. The van der Waals surface area contributed by atoms with E-state index in [1.165, 1.54) is 6.42 Å². The van der Waals surface area contributed by atoms with Gasteiger partial charge in [-0.1, -0.05) is 0 Å². The molecule has 0 unspecified atom stereocenters. The van der Waals surface area contributed by atoms with E-state index in [1.807, 2.05) is 11.1 Å². The summed E-state index contributed by atoms with van der Waals surface area (Å²) < 4.78 is 5.12. The highest BCUT2D eigenvalue weighted by atomic mass is 16.5. The molecule has 2 aliphatic rings. The molecule has 6 nitrogen and oxygen atoms in total. The number of aromatic nitrogens is 2. The number of anilines is 1. The Labute approximate surface area is 137 Å². The first-order valence-corrected chi connectivity index (χ1v) is 8.50. The SMILES string of the molecule is COCCCN1C[C@@]2(CCCN(c3cnccn3)C2)CCC1=O. The number of nitrogens with zero attached hydrogens (tertiary/aromatic N) is 4. The number of carbonyl (C=O) groups excluding carboxylic acids is 1. The van der Waals surface area contributed by atoms with Gasteiger partial charge >= 0.3 is 0 Å². The van der Waals surface area contributed by atoms with E-state index >= 15 is 0 Å². The average Bonchev–Trinajstić information content (AvgIpc) is 2.59. The Morgan fingerprint density at radius 1 is 1.30 bits per heavy atom. The summed E-state index contributed by atoms with van der Waals surface area (Å²) in [6.07, 6.45) is 10.2. The zero-order chi connectivity index (χ0) is 16.1. The van der Waals surface area contributed by atoms with Crippen molar-refractivity contribution in [3.05, 3.63) is 18.6 Å². The predicted octanol–water partition coefficient (Wildman–Crippen LogP) is 1.72. The number of hydrogen-bond acceptors (Lipinski definition) is 5. The van der Waals surface area contributed by atoms with Gasteiger partial charge in [0, 0.05) is 64.1 Å². The first-order chi connectivity index (χ1) is 11.2. The molecule has 1 atom stereocenters. The molecule has 0 N–H and O–H groups in total. The molecule has 1 aromatic heterocycles. The van der Waals surface area contributed by atoms with Crippen LogP contribution in [-0.4, -0.2) is 60.7 Å². The van der Waals surface area contributed by atoms with Gasteiger partial charge in [0.2, 0.25) is 5.91 Å². The van der Waals surface area contributed by atoms with Crippen LogP contribution >= 0.6 is 0 Å². The summed E-state index contributed by atoms with van der Waals surface area (Å²) in [7, 11) is 1.71. The topological polar surface area (TPSA) is 58.6 Å². The normalized spacial score (nSPS) is 25.2. The van der Waals surface area contributed by atoms with Crippen molar-refractivity contribution in [2.24, 2.45) is 5.41 Å². The summed E-state index contributed by atoms with van der Waals surface area (Å²) in [5.74, 6) is 1.25. The molecule has 23 heavy (non-hydrogen) atoms. The molecular weight excluding hydrogens is 292 g/mol. The lowest BCUT2D eigenvalue weighted by Gasteiger charge is -2.48. The summed E-state index contributed by atoms with van der Waals surface area (Å²) in [6, 6.07) is 0. The summed E-state index contributed by atoms with van der Waals surface area (Å²) in [5.41, 5.74) is 0.205. The Morgan fingerprint density at radius 2 is 2.22 bits per heavy atom. The Balaban J connectivity index is 1.67. The lowest BCUT2D eigenvalue weighted by Crippen LogP contribution is -2.54. The molecule has 1 spiro atoms. The maximum Gasteiger partial charge on any atom is 0.222 e. The van der Waals surface area contributed by atoms with Crippen molar-refractivity contribution in [1.82, 2.24) is 14.9 Å². The molecular formula is C17H26N4O2. The Morgan fingerprint density at radius 3 is 3.00 bits per heavy atom. The van der Waals surface area contributed by atoms with Gasteiger partial charge in [-0.05, 0) is 25.7 Å². The van der Waals surface area contributed by atoms with E-state index in [1.54, 1.807) is 19.5 Å². The molecule has 2 saturated heterocycles. The average molecular weight is 318 g/mol. The molecule has 1 amide bonds. The number of ether oxygens (including phenoxy) is 1. The number of rotatable bonds is 5. The number of methoxy groups -OCH3 is 1. The second-order valence-corrected chi connectivity index (χ2v) is 6.75. The molecule has 3 heterocycles. The van der Waals surface area contributed by atoms with Crippen LogP contribution in [0.3, 0.4) is 0 Å². The van der Waals surface area contributed by atoms with Crippen molar-refractivity contribution in [1.29, 1.82) is 0 Å². The maximum absolute atomic E-state index is 12.2. The van der Waals surface area contributed by atoms with Crippen molar-refractivity contribution in [3.8, 4) is 0 Å². The monoisotopic (exact) mass is 318 g/mol. The largest absolute Gasteiger partial charge is 0.385 e. The fourth-order valence-corrected chi connectivity index (χ4v) is 3.90. The molecule has 2 aliphatic heterocycles. The van der Waals surface area contributed by atoms with E-state index in [4.69, 9.17) is 4.74 Å². The van der Waals surface area contributed by atoms with E-state index in [0.29, 0.717) is 18.9 Å². The smallest absolute Gasteiger partial charge is 0.222 e. The zero-order valence-electron chi connectivity index (χ0n) is 13.9. The number of hydrogen-bond donors (Lipinski definition) is 0. The van der Waals surface area contributed by atoms with Crippen LogP contribution in [-0.2, 0) is 9.53 Å². The minimum absolute atomic E-state index is 0.205. The highest BCUT2D eigenvalue weighted by Crippen LogP contribution is 2.39. The third-order valence-corrected chi connectivity index (χ3v) is 5.06. The van der Waals surface area contributed by atoms with Crippen LogP contribution in [0.25, 0.3) is 0 Å². The first-order valence-electron chi connectivity index (χ1n) is 8.50. The summed E-state index contributed by atoms with van der Waals surface area (Å²) >= 11 is 0.